The first-order chi connectivity index (χ1) is 7.43. The number of rotatable bonds is 0. The van der Waals surface area contributed by atoms with Crippen molar-refractivity contribution < 1.29 is 0 Å². The summed E-state index contributed by atoms with van der Waals surface area (Å²) in [7, 11) is 0. The molecule has 0 unspecified atom stereocenters. The first-order valence-electron chi connectivity index (χ1n) is 4.80. The third-order valence-electron chi connectivity index (χ3n) is 2.25. The molecule has 3 rings (SSSR count). The smallest absolute Gasteiger partial charge is 0.0783 e. The molecule has 0 nitrogen and oxygen atoms in total. The Labute approximate surface area is 97.4 Å². The van der Waals surface area contributed by atoms with Crippen LogP contribution < -0.4 is 0 Å². The molecule has 0 atom stereocenters. The lowest BCUT2D eigenvalue weighted by Crippen LogP contribution is -2.03. The minimum Gasteiger partial charge on any atom is -0.0783 e. The second-order valence-corrected chi connectivity index (χ2v) is 5.46. The van der Waals surface area contributed by atoms with Crippen molar-refractivity contribution in [2.45, 2.75) is 9.79 Å². The molecule has 15 heavy (non-hydrogen) atoms. The Morgan fingerprint density at radius 2 is 1.93 bits per heavy atom. The third-order valence-corrected chi connectivity index (χ3v) is 4.81. The molecular weight excluding hydrogens is 220 g/mol. The second-order valence-electron chi connectivity index (χ2n) is 3.29. The minimum atomic E-state index is 1.35. The summed E-state index contributed by atoms with van der Waals surface area (Å²) in [6.45, 7) is 0. The first kappa shape index (κ1) is 9.13. The van der Waals surface area contributed by atoms with E-state index in [9.17, 15) is 0 Å². The molecule has 0 saturated heterocycles. The first-order valence-corrected chi connectivity index (χ1v) is 6.44. The quantitative estimate of drug-likeness (QED) is 0.485. The van der Waals surface area contributed by atoms with Gasteiger partial charge in [-0.3, -0.25) is 0 Å². The zero-order valence-corrected chi connectivity index (χ0v) is 9.65. The Morgan fingerprint density at radius 3 is 2.93 bits per heavy atom. The molecule has 2 heteroatoms. The zero-order valence-electron chi connectivity index (χ0n) is 8.01. The van der Waals surface area contributed by atoms with Gasteiger partial charge in [0, 0.05) is 12.1 Å². The van der Waals surface area contributed by atoms with E-state index in [-0.39, 0.29) is 0 Å². The molecular formula is C13H9S2+. The van der Waals surface area contributed by atoms with E-state index in [1.165, 1.54) is 19.6 Å². The van der Waals surface area contributed by atoms with Gasteiger partial charge in [-0.05, 0) is 12.1 Å². The molecule has 0 radical (unpaired) electrons. The molecule has 0 saturated carbocycles. The van der Waals surface area contributed by atoms with E-state index in [0.717, 1.165) is 0 Å². The fourth-order valence-corrected chi connectivity index (χ4v) is 3.77. The van der Waals surface area contributed by atoms with Gasteiger partial charge in [-0.25, -0.2) is 0 Å². The summed E-state index contributed by atoms with van der Waals surface area (Å²) in [6.07, 6.45) is 10.6. The highest BCUT2D eigenvalue weighted by Crippen LogP contribution is 2.35. The van der Waals surface area contributed by atoms with Crippen LogP contribution in [0, 0.1) is 0 Å². The molecule has 0 bridgehead atoms. The van der Waals surface area contributed by atoms with Crippen LogP contribution in [0.4, 0.5) is 0 Å². The van der Waals surface area contributed by atoms with Crippen molar-refractivity contribution in [1.82, 2.24) is 0 Å². The largest absolute Gasteiger partial charge is 0.245 e. The van der Waals surface area contributed by atoms with Crippen molar-refractivity contribution in [2.75, 3.05) is 0 Å². The van der Waals surface area contributed by atoms with E-state index in [4.69, 9.17) is 0 Å². The van der Waals surface area contributed by atoms with Gasteiger partial charge in [-0.1, -0.05) is 42.1 Å². The molecule has 0 fully saturated rings. The number of hydrogen-bond donors (Lipinski definition) is 0. The summed E-state index contributed by atoms with van der Waals surface area (Å²) in [5.41, 5.74) is 0. The van der Waals surface area contributed by atoms with Crippen molar-refractivity contribution >= 4 is 28.0 Å². The Morgan fingerprint density at radius 1 is 1.00 bits per heavy atom. The predicted octanol–water partition coefficient (Wildman–Crippen LogP) is 3.42. The summed E-state index contributed by atoms with van der Waals surface area (Å²) >= 11 is 3.71. The highest BCUT2D eigenvalue weighted by Gasteiger charge is 2.26. The topological polar surface area (TPSA) is 0 Å². The van der Waals surface area contributed by atoms with Crippen LogP contribution >= 0.6 is 11.8 Å². The van der Waals surface area contributed by atoms with Crippen LogP contribution in [-0.4, -0.2) is 4.86 Å². The highest BCUT2D eigenvalue weighted by atomic mass is 32.2. The predicted molar refractivity (Wildman–Crippen MR) is 69.3 cm³/mol. The average molecular weight is 229 g/mol. The van der Waals surface area contributed by atoms with Gasteiger partial charge in [0.25, 0.3) is 0 Å². The van der Waals surface area contributed by atoms with E-state index in [1.54, 1.807) is 0 Å². The normalized spacial score (nSPS) is 17.3. The fourth-order valence-electron chi connectivity index (χ4n) is 1.54. The lowest BCUT2D eigenvalue weighted by atomic mass is 10.3. The van der Waals surface area contributed by atoms with Crippen LogP contribution in [0.1, 0.15) is 0 Å². The maximum Gasteiger partial charge on any atom is 0.245 e. The lowest BCUT2D eigenvalue weighted by Gasteiger charge is -2.05. The van der Waals surface area contributed by atoms with Crippen LogP contribution in [-0.2, 0) is 11.4 Å². The van der Waals surface area contributed by atoms with Crippen LogP contribution in [0.3, 0.4) is 0 Å². The van der Waals surface area contributed by atoms with Crippen molar-refractivity contribution in [3.63, 3.8) is 0 Å². The molecule has 1 aliphatic carbocycles. The lowest BCUT2D eigenvalue weighted by molar-refractivity contribution is 1.26. The molecule has 1 aromatic carbocycles. The van der Waals surface area contributed by atoms with Crippen LogP contribution in [0.2, 0.25) is 0 Å². The Bertz CT molecular complexity index is 519. The number of fused-ring (bicyclic) bond motifs is 2. The molecule has 1 heterocycles. The highest BCUT2D eigenvalue weighted by molar-refractivity contribution is 8.06. The fraction of sp³-hybridized carbons (Fsp3) is 0. The van der Waals surface area contributed by atoms with E-state index in [2.05, 4.69) is 54.6 Å². The van der Waals surface area contributed by atoms with E-state index < -0.39 is 0 Å². The molecule has 72 valence electrons. The monoisotopic (exact) mass is 229 g/mol. The molecule has 1 aliphatic heterocycles. The summed E-state index contributed by atoms with van der Waals surface area (Å²) in [5, 5.41) is 0. The standard InChI is InChI=1S/C13H9S2/c1-2-6-10-11(7-3-1)15-13-9-5-4-8-12(13)14-10/h1-9H/q+1. The molecule has 0 N–H and O–H groups in total. The van der Waals surface area contributed by atoms with Gasteiger partial charge in [-0.2, -0.15) is 0 Å². The molecule has 0 amide bonds. The summed E-state index contributed by atoms with van der Waals surface area (Å²) in [6, 6.07) is 8.56. The van der Waals surface area contributed by atoms with E-state index >= 15 is 0 Å². The van der Waals surface area contributed by atoms with Gasteiger partial charge in [0.05, 0.1) is 9.80 Å². The summed E-state index contributed by atoms with van der Waals surface area (Å²) in [4.78, 5) is 5.43. The van der Waals surface area contributed by atoms with Gasteiger partial charge in [0.15, 0.2) is 0 Å². The van der Waals surface area contributed by atoms with Crippen molar-refractivity contribution in [2.24, 2.45) is 0 Å². The van der Waals surface area contributed by atoms with Crippen LogP contribution in [0.15, 0.2) is 69.3 Å². The SMILES string of the molecule is C1=CC=C2Sc3ccccc3[S+]=C2C=C1. The van der Waals surface area contributed by atoms with Gasteiger partial charge >= 0.3 is 0 Å². The van der Waals surface area contributed by atoms with Crippen molar-refractivity contribution in [3.8, 4) is 0 Å². The zero-order chi connectivity index (χ0) is 10.1. The van der Waals surface area contributed by atoms with Crippen LogP contribution in [0.5, 0.6) is 0 Å². The van der Waals surface area contributed by atoms with Gasteiger partial charge in [0.1, 0.15) is 0 Å². The maximum atomic E-state index is 2.18. The molecule has 0 spiro atoms. The van der Waals surface area contributed by atoms with Gasteiger partial charge in [0.2, 0.25) is 21.1 Å². The van der Waals surface area contributed by atoms with Gasteiger partial charge < -0.3 is 0 Å². The van der Waals surface area contributed by atoms with Gasteiger partial charge in [-0.15, -0.1) is 0 Å². The van der Waals surface area contributed by atoms with Crippen molar-refractivity contribution in [1.29, 1.82) is 0 Å². The Hall–Kier alpha value is -1.12. The van der Waals surface area contributed by atoms with E-state index in [1.807, 2.05) is 23.1 Å². The van der Waals surface area contributed by atoms with Crippen molar-refractivity contribution in [3.05, 3.63) is 59.6 Å². The maximum absolute atomic E-state index is 2.18. The van der Waals surface area contributed by atoms with Crippen LogP contribution in [0.25, 0.3) is 0 Å². The number of benzene rings is 1. The molecule has 2 aliphatic rings. The minimum absolute atomic E-state index is 1.35. The number of hydrogen-bond acceptors (Lipinski definition) is 1. The third kappa shape index (κ3) is 1.71. The average Bonchev–Trinajstić information content (AvgIpc) is 2.50. The number of thioether (sulfide) groups is 1. The summed E-state index contributed by atoms with van der Waals surface area (Å²) in [5.74, 6) is 0. The second kappa shape index (κ2) is 3.80. The molecule has 1 aromatic rings. The summed E-state index contributed by atoms with van der Waals surface area (Å²) < 4.78 is 0. The Kier molecular flexibility index (Phi) is 2.31. The van der Waals surface area contributed by atoms with E-state index in [0.29, 0.717) is 0 Å². The Balaban J connectivity index is 2.17. The number of allylic oxidation sites excluding steroid dienone is 6. The molecule has 0 aromatic heterocycles.